The predicted octanol–water partition coefficient (Wildman–Crippen LogP) is 1.74. The van der Waals surface area contributed by atoms with E-state index < -0.39 is 0 Å². The van der Waals surface area contributed by atoms with Gasteiger partial charge in [0.1, 0.15) is 11.6 Å². The Kier molecular flexibility index (Phi) is 3.29. The Bertz CT molecular complexity index is 356. The Labute approximate surface area is 96.6 Å². The minimum atomic E-state index is 0.274. The summed E-state index contributed by atoms with van der Waals surface area (Å²) in [6.45, 7) is 5.94. The molecule has 1 aromatic heterocycles. The van der Waals surface area contributed by atoms with Crippen molar-refractivity contribution in [2.45, 2.75) is 26.0 Å². The average Bonchev–Trinajstić information content (AvgIpc) is 2.32. The van der Waals surface area contributed by atoms with Crippen LogP contribution in [-0.4, -0.2) is 37.3 Å². The monoisotopic (exact) mass is 221 g/mol. The lowest BCUT2D eigenvalue weighted by atomic mass is 10.2. The van der Waals surface area contributed by atoms with Crippen LogP contribution >= 0.6 is 0 Å². The Morgan fingerprint density at radius 1 is 1.44 bits per heavy atom. The second-order valence-electron chi connectivity index (χ2n) is 4.28. The molecular formula is C12H19N3O. The number of hydrogen-bond donors (Lipinski definition) is 1. The molecular weight excluding hydrogens is 202 g/mol. The topological polar surface area (TPSA) is 37.4 Å². The van der Waals surface area contributed by atoms with Crippen molar-refractivity contribution in [2.75, 3.05) is 30.4 Å². The van der Waals surface area contributed by atoms with E-state index in [1.165, 1.54) is 0 Å². The normalized spacial score (nSPS) is 25.6. The van der Waals surface area contributed by atoms with Crippen molar-refractivity contribution in [3.05, 3.63) is 18.2 Å². The zero-order valence-electron chi connectivity index (χ0n) is 10.1. The van der Waals surface area contributed by atoms with Crippen molar-refractivity contribution < 1.29 is 4.74 Å². The van der Waals surface area contributed by atoms with Gasteiger partial charge in [-0.15, -0.1) is 0 Å². The van der Waals surface area contributed by atoms with Crippen LogP contribution in [0, 0.1) is 0 Å². The predicted molar refractivity (Wildman–Crippen MR) is 66.0 cm³/mol. The minimum Gasteiger partial charge on any atom is -0.375 e. The third kappa shape index (κ3) is 2.27. The molecule has 1 N–H and O–H groups in total. The van der Waals surface area contributed by atoms with Gasteiger partial charge in [-0.2, -0.15) is 0 Å². The van der Waals surface area contributed by atoms with Crippen LogP contribution in [0.4, 0.5) is 11.6 Å². The molecule has 2 rings (SSSR count). The van der Waals surface area contributed by atoms with Crippen molar-refractivity contribution in [3.63, 3.8) is 0 Å². The van der Waals surface area contributed by atoms with Crippen LogP contribution in [-0.2, 0) is 4.74 Å². The molecule has 4 nitrogen and oxygen atoms in total. The molecule has 88 valence electrons. The van der Waals surface area contributed by atoms with Gasteiger partial charge in [0.25, 0.3) is 0 Å². The summed E-state index contributed by atoms with van der Waals surface area (Å²) in [6, 6.07) is 6.44. The summed E-state index contributed by atoms with van der Waals surface area (Å²) in [5, 5.41) is 3.06. The summed E-state index contributed by atoms with van der Waals surface area (Å²) >= 11 is 0. The lowest BCUT2D eigenvalue weighted by molar-refractivity contribution is 0.0340. The fraction of sp³-hybridized carbons (Fsp3) is 0.583. The van der Waals surface area contributed by atoms with E-state index in [0.717, 1.165) is 24.8 Å². The van der Waals surface area contributed by atoms with Gasteiger partial charge in [0.05, 0.1) is 18.8 Å². The smallest absolute Gasteiger partial charge is 0.131 e. The van der Waals surface area contributed by atoms with Crippen LogP contribution in [0.3, 0.4) is 0 Å². The molecule has 1 aliphatic rings. The number of aromatic nitrogens is 1. The first-order valence-corrected chi connectivity index (χ1v) is 5.73. The average molecular weight is 221 g/mol. The van der Waals surface area contributed by atoms with E-state index in [9.17, 15) is 0 Å². The van der Waals surface area contributed by atoms with Crippen LogP contribution in [0.15, 0.2) is 18.2 Å². The molecule has 0 bridgehead atoms. The van der Waals surface area contributed by atoms with Crippen molar-refractivity contribution in [3.8, 4) is 0 Å². The molecule has 0 aromatic carbocycles. The van der Waals surface area contributed by atoms with Crippen LogP contribution in [0.2, 0.25) is 0 Å². The SMILES string of the molecule is CNc1cccc(N2CC(C)OCC2C)n1. The molecule has 2 unspecified atom stereocenters. The molecule has 16 heavy (non-hydrogen) atoms. The number of anilines is 2. The molecule has 1 aromatic rings. The second-order valence-corrected chi connectivity index (χ2v) is 4.28. The van der Waals surface area contributed by atoms with Gasteiger partial charge in [0, 0.05) is 13.6 Å². The summed E-state index contributed by atoms with van der Waals surface area (Å²) in [6.07, 6.45) is 0.274. The molecule has 2 heterocycles. The highest BCUT2D eigenvalue weighted by Gasteiger charge is 2.24. The number of morpholine rings is 1. The van der Waals surface area contributed by atoms with E-state index >= 15 is 0 Å². The lowest BCUT2D eigenvalue weighted by Crippen LogP contribution is -2.47. The molecule has 0 spiro atoms. The van der Waals surface area contributed by atoms with Crippen molar-refractivity contribution in [2.24, 2.45) is 0 Å². The highest BCUT2D eigenvalue weighted by atomic mass is 16.5. The van der Waals surface area contributed by atoms with Gasteiger partial charge >= 0.3 is 0 Å². The molecule has 0 aliphatic carbocycles. The molecule has 0 amide bonds. The van der Waals surface area contributed by atoms with E-state index in [1.54, 1.807) is 0 Å². The maximum Gasteiger partial charge on any atom is 0.131 e. The summed E-state index contributed by atoms with van der Waals surface area (Å²) in [7, 11) is 1.89. The van der Waals surface area contributed by atoms with Crippen LogP contribution in [0.5, 0.6) is 0 Å². The van der Waals surface area contributed by atoms with E-state index in [4.69, 9.17) is 4.74 Å². The summed E-state index contributed by atoms with van der Waals surface area (Å²) < 4.78 is 5.61. The number of rotatable bonds is 2. The molecule has 4 heteroatoms. The first kappa shape index (κ1) is 11.2. The first-order chi connectivity index (χ1) is 7.70. The van der Waals surface area contributed by atoms with Gasteiger partial charge in [-0.25, -0.2) is 4.98 Å². The third-order valence-electron chi connectivity index (χ3n) is 2.89. The fourth-order valence-corrected chi connectivity index (χ4v) is 1.94. The van der Waals surface area contributed by atoms with E-state index in [2.05, 4.69) is 35.1 Å². The zero-order valence-corrected chi connectivity index (χ0v) is 10.1. The maximum absolute atomic E-state index is 5.61. The van der Waals surface area contributed by atoms with E-state index in [0.29, 0.717) is 6.04 Å². The van der Waals surface area contributed by atoms with Gasteiger partial charge in [0.2, 0.25) is 0 Å². The number of nitrogens with one attached hydrogen (secondary N) is 1. The van der Waals surface area contributed by atoms with Gasteiger partial charge in [0.15, 0.2) is 0 Å². The first-order valence-electron chi connectivity index (χ1n) is 5.73. The summed E-state index contributed by atoms with van der Waals surface area (Å²) in [5.41, 5.74) is 0. The molecule has 0 saturated carbocycles. The highest BCUT2D eigenvalue weighted by Crippen LogP contribution is 2.20. The zero-order chi connectivity index (χ0) is 11.5. The Morgan fingerprint density at radius 3 is 3.00 bits per heavy atom. The number of hydrogen-bond acceptors (Lipinski definition) is 4. The van der Waals surface area contributed by atoms with Crippen molar-refractivity contribution in [1.29, 1.82) is 0 Å². The maximum atomic E-state index is 5.61. The Balaban J connectivity index is 2.20. The Hall–Kier alpha value is -1.29. The Morgan fingerprint density at radius 2 is 2.25 bits per heavy atom. The van der Waals surface area contributed by atoms with Crippen LogP contribution in [0.1, 0.15) is 13.8 Å². The molecule has 2 atom stereocenters. The molecule has 1 saturated heterocycles. The minimum absolute atomic E-state index is 0.274. The largest absolute Gasteiger partial charge is 0.375 e. The van der Waals surface area contributed by atoms with Crippen molar-refractivity contribution >= 4 is 11.6 Å². The van der Waals surface area contributed by atoms with Crippen LogP contribution in [0.25, 0.3) is 0 Å². The van der Waals surface area contributed by atoms with Gasteiger partial charge in [-0.1, -0.05) is 6.07 Å². The third-order valence-corrected chi connectivity index (χ3v) is 2.89. The quantitative estimate of drug-likeness (QED) is 0.825. The van der Waals surface area contributed by atoms with E-state index in [-0.39, 0.29) is 6.10 Å². The number of ether oxygens (including phenoxy) is 1. The summed E-state index contributed by atoms with van der Waals surface area (Å²) in [4.78, 5) is 6.86. The van der Waals surface area contributed by atoms with Gasteiger partial charge < -0.3 is 15.0 Å². The number of nitrogens with zero attached hydrogens (tertiary/aromatic N) is 2. The fourth-order valence-electron chi connectivity index (χ4n) is 1.94. The standard InChI is InChI=1S/C12H19N3O/c1-9-8-16-10(2)7-15(9)12-6-4-5-11(13-3)14-12/h4-6,9-10H,7-8H2,1-3H3,(H,13,14). The number of pyridine rings is 1. The molecule has 0 radical (unpaired) electrons. The highest BCUT2D eigenvalue weighted by molar-refractivity contribution is 5.47. The van der Waals surface area contributed by atoms with E-state index in [1.807, 2.05) is 19.2 Å². The lowest BCUT2D eigenvalue weighted by Gasteiger charge is -2.37. The molecule has 1 fully saturated rings. The van der Waals surface area contributed by atoms with Gasteiger partial charge in [-0.3, -0.25) is 0 Å². The van der Waals surface area contributed by atoms with Crippen molar-refractivity contribution in [1.82, 2.24) is 4.98 Å². The van der Waals surface area contributed by atoms with Crippen LogP contribution < -0.4 is 10.2 Å². The molecule has 1 aliphatic heterocycles. The van der Waals surface area contributed by atoms with Gasteiger partial charge in [-0.05, 0) is 26.0 Å². The second kappa shape index (κ2) is 4.70. The summed E-state index contributed by atoms with van der Waals surface area (Å²) in [5.74, 6) is 1.93.